The molecule has 6 heteroatoms. The van der Waals surface area contributed by atoms with E-state index in [2.05, 4.69) is 5.32 Å². The van der Waals surface area contributed by atoms with Gasteiger partial charge in [0.15, 0.2) is 5.72 Å². The molecule has 1 atom stereocenters. The standard InChI is InChI=1S/C14H16N2O4/c1-16-13(19)15-8-20-14(16)5-4-9-6-10(12(17)18)2-3-11(9)7-14/h2-3,6H,4-5,7-8H2,1H3,(H,15,19)(H,17,18). The molecule has 1 heterocycles. The molecule has 1 unspecified atom stereocenters. The number of aromatic carboxylic acids is 1. The van der Waals surface area contributed by atoms with E-state index in [9.17, 15) is 9.59 Å². The van der Waals surface area contributed by atoms with Gasteiger partial charge in [0.1, 0.15) is 6.73 Å². The molecular weight excluding hydrogens is 260 g/mol. The van der Waals surface area contributed by atoms with Crippen molar-refractivity contribution in [1.29, 1.82) is 0 Å². The molecule has 2 N–H and O–H groups in total. The number of urea groups is 1. The van der Waals surface area contributed by atoms with E-state index in [-0.39, 0.29) is 12.8 Å². The first kappa shape index (κ1) is 12.9. The highest BCUT2D eigenvalue weighted by Gasteiger charge is 2.44. The predicted octanol–water partition coefficient (Wildman–Crippen LogP) is 1.20. The van der Waals surface area contributed by atoms with Crippen LogP contribution >= 0.6 is 0 Å². The number of rotatable bonds is 1. The molecule has 1 spiro atoms. The lowest BCUT2D eigenvalue weighted by atomic mass is 9.83. The van der Waals surface area contributed by atoms with Gasteiger partial charge >= 0.3 is 12.0 Å². The number of likely N-dealkylation sites (N-methyl/N-ethyl adjacent to an activating group) is 1. The van der Waals surface area contributed by atoms with Gasteiger partial charge in [-0.25, -0.2) is 9.59 Å². The van der Waals surface area contributed by atoms with Gasteiger partial charge in [0.05, 0.1) is 5.56 Å². The number of carboxylic acids is 1. The lowest BCUT2D eigenvalue weighted by Crippen LogP contribution is -2.62. The fourth-order valence-corrected chi connectivity index (χ4v) is 2.92. The van der Waals surface area contributed by atoms with Crippen molar-refractivity contribution >= 4 is 12.0 Å². The number of hydrogen-bond acceptors (Lipinski definition) is 3. The van der Waals surface area contributed by atoms with Gasteiger partial charge in [0, 0.05) is 13.5 Å². The van der Waals surface area contributed by atoms with Crippen LogP contribution in [0.25, 0.3) is 0 Å². The number of fused-ring (bicyclic) bond motifs is 1. The number of hydrogen-bond donors (Lipinski definition) is 2. The van der Waals surface area contributed by atoms with Crippen molar-refractivity contribution in [2.45, 2.75) is 25.0 Å². The highest BCUT2D eigenvalue weighted by atomic mass is 16.5. The van der Waals surface area contributed by atoms with Crippen LogP contribution in [0.5, 0.6) is 0 Å². The number of amides is 2. The molecule has 6 nitrogen and oxygen atoms in total. The maximum atomic E-state index is 11.8. The summed E-state index contributed by atoms with van der Waals surface area (Å²) in [5.74, 6) is -0.918. The summed E-state index contributed by atoms with van der Waals surface area (Å²) in [5, 5.41) is 11.7. The van der Waals surface area contributed by atoms with Crippen molar-refractivity contribution in [3.63, 3.8) is 0 Å². The molecule has 2 aliphatic rings. The molecule has 3 rings (SSSR count). The molecule has 0 radical (unpaired) electrons. The van der Waals surface area contributed by atoms with Gasteiger partial charge in [0.25, 0.3) is 0 Å². The fourth-order valence-electron chi connectivity index (χ4n) is 2.92. The van der Waals surface area contributed by atoms with Crippen LogP contribution < -0.4 is 5.32 Å². The topological polar surface area (TPSA) is 78.9 Å². The Bertz CT molecular complexity index is 587. The van der Waals surface area contributed by atoms with Crippen molar-refractivity contribution in [2.24, 2.45) is 0 Å². The van der Waals surface area contributed by atoms with E-state index in [1.54, 1.807) is 24.1 Å². The molecule has 20 heavy (non-hydrogen) atoms. The molecule has 1 saturated heterocycles. The number of ether oxygens (including phenoxy) is 1. The van der Waals surface area contributed by atoms with Crippen LogP contribution in [0.1, 0.15) is 27.9 Å². The van der Waals surface area contributed by atoms with Gasteiger partial charge in [-0.15, -0.1) is 0 Å². The summed E-state index contributed by atoms with van der Waals surface area (Å²) >= 11 is 0. The first-order chi connectivity index (χ1) is 9.52. The third kappa shape index (κ3) is 1.92. The number of nitrogens with zero attached hydrogens (tertiary/aromatic N) is 1. The minimum Gasteiger partial charge on any atom is -0.478 e. The minimum atomic E-state index is -0.918. The molecule has 1 fully saturated rings. The van der Waals surface area contributed by atoms with E-state index >= 15 is 0 Å². The van der Waals surface area contributed by atoms with Gasteiger partial charge in [-0.1, -0.05) is 6.07 Å². The molecule has 2 amide bonds. The second kappa shape index (κ2) is 4.49. The first-order valence-electron chi connectivity index (χ1n) is 6.52. The van der Waals surface area contributed by atoms with Gasteiger partial charge in [-0.2, -0.15) is 0 Å². The number of carbonyl (C=O) groups is 2. The Hall–Kier alpha value is -2.08. The lowest BCUT2D eigenvalue weighted by molar-refractivity contribution is -0.158. The summed E-state index contributed by atoms with van der Waals surface area (Å²) < 4.78 is 5.80. The second-order valence-electron chi connectivity index (χ2n) is 5.24. The molecule has 1 aliphatic heterocycles. The van der Waals surface area contributed by atoms with E-state index in [1.165, 1.54) is 0 Å². The van der Waals surface area contributed by atoms with E-state index in [0.717, 1.165) is 11.1 Å². The maximum Gasteiger partial charge on any atom is 0.335 e. The highest BCUT2D eigenvalue weighted by Crippen LogP contribution is 2.35. The zero-order chi connectivity index (χ0) is 14.3. The van der Waals surface area contributed by atoms with Gasteiger partial charge in [0.2, 0.25) is 0 Å². The summed E-state index contributed by atoms with van der Waals surface area (Å²) in [7, 11) is 1.73. The Kier molecular flexibility index (Phi) is 2.90. The average molecular weight is 276 g/mol. The fraction of sp³-hybridized carbons (Fsp3) is 0.429. The largest absolute Gasteiger partial charge is 0.478 e. The summed E-state index contributed by atoms with van der Waals surface area (Å²) in [6.45, 7) is 0.214. The quantitative estimate of drug-likeness (QED) is 0.807. The van der Waals surface area contributed by atoms with Crippen molar-refractivity contribution in [3.8, 4) is 0 Å². The van der Waals surface area contributed by atoms with Gasteiger partial charge in [-0.05, 0) is 36.1 Å². The third-order valence-electron chi connectivity index (χ3n) is 4.19. The maximum absolute atomic E-state index is 11.8. The Balaban J connectivity index is 1.92. The number of nitrogens with one attached hydrogen (secondary N) is 1. The van der Waals surface area contributed by atoms with E-state index in [4.69, 9.17) is 9.84 Å². The highest BCUT2D eigenvalue weighted by molar-refractivity contribution is 5.88. The van der Waals surface area contributed by atoms with Crippen LogP contribution in [-0.2, 0) is 17.6 Å². The van der Waals surface area contributed by atoms with Crippen LogP contribution in [0.4, 0.5) is 4.79 Å². The monoisotopic (exact) mass is 276 g/mol. The van der Waals surface area contributed by atoms with Crippen molar-refractivity contribution in [2.75, 3.05) is 13.8 Å². The van der Waals surface area contributed by atoms with Gasteiger partial charge < -0.3 is 15.2 Å². The number of carboxylic acid groups (broad SMARTS) is 1. The lowest BCUT2D eigenvalue weighted by Gasteiger charge is -2.47. The van der Waals surface area contributed by atoms with Crippen LogP contribution in [0.15, 0.2) is 18.2 Å². The summed E-state index contributed by atoms with van der Waals surface area (Å²) in [6, 6.07) is 5.00. The van der Waals surface area contributed by atoms with Crippen molar-refractivity contribution in [1.82, 2.24) is 10.2 Å². The summed E-state index contributed by atoms with van der Waals surface area (Å²) in [5.41, 5.74) is 1.76. The molecule has 1 aromatic rings. The Morgan fingerprint density at radius 1 is 1.45 bits per heavy atom. The molecule has 0 saturated carbocycles. The van der Waals surface area contributed by atoms with Crippen LogP contribution in [0.3, 0.4) is 0 Å². The van der Waals surface area contributed by atoms with E-state index in [1.807, 2.05) is 6.07 Å². The summed E-state index contributed by atoms with van der Waals surface area (Å²) in [4.78, 5) is 24.4. The SMILES string of the molecule is CN1C(=O)NCOC12CCc1cc(C(=O)O)ccc1C2. The molecule has 1 aromatic carbocycles. The second-order valence-corrected chi connectivity index (χ2v) is 5.24. The Labute approximate surface area is 116 Å². The average Bonchev–Trinajstić information content (AvgIpc) is 2.44. The Morgan fingerprint density at radius 2 is 2.25 bits per heavy atom. The molecule has 1 aliphatic carbocycles. The normalized spacial score (nSPS) is 25.2. The smallest absolute Gasteiger partial charge is 0.335 e. The molecule has 0 bridgehead atoms. The minimum absolute atomic E-state index is 0.137. The molecule has 106 valence electrons. The van der Waals surface area contributed by atoms with Crippen LogP contribution in [0, 0.1) is 0 Å². The van der Waals surface area contributed by atoms with Crippen LogP contribution in [-0.4, -0.2) is 41.5 Å². The van der Waals surface area contributed by atoms with E-state index in [0.29, 0.717) is 24.8 Å². The first-order valence-corrected chi connectivity index (χ1v) is 6.52. The number of benzene rings is 1. The van der Waals surface area contributed by atoms with Gasteiger partial charge in [-0.3, -0.25) is 4.90 Å². The zero-order valence-corrected chi connectivity index (χ0v) is 11.2. The van der Waals surface area contributed by atoms with E-state index < -0.39 is 11.7 Å². The number of aryl methyl sites for hydroxylation is 1. The van der Waals surface area contributed by atoms with Crippen molar-refractivity contribution < 1.29 is 19.4 Å². The predicted molar refractivity (Wildman–Crippen MR) is 70.4 cm³/mol. The molecular formula is C14H16N2O4. The zero-order valence-electron chi connectivity index (χ0n) is 11.2. The summed E-state index contributed by atoms with van der Waals surface area (Å²) in [6.07, 6.45) is 1.97. The van der Waals surface area contributed by atoms with Crippen molar-refractivity contribution in [3.05, 3.63) is 34.9 Å². The third-order valence-corrected chi connectivity index (χ3v) is 4.19. The molecule has 0 aromatic heterocycles. The van der Waals surface area contributed by atoms with Crippen LogP contribution in [0.2, 0.25) is 0 Å². The Morgan fingerprint density at radius 3 is 3.00 bits per heavy atom. The number of carbonyl (C=O) groups excluding carboxylic acids is 1.